The van der Waals surface area contributed by atoms with Gasteiger partial charge < -0.3 is 5.73 Å². The normalized spacial score (nSPS) is 20.9. The number of nitrogens with zero attached hydrogens (tertiary/aromatic N) is 1. The van der Waals surface area contributed by atoms with E-state index < -0.39 is 0 Å². The van der Waals surface area contributed by atoms with Crippen molar-refractivity contribution in [2.75, 3.05) is 0 Å². The van der Waals surface area contributed by atoms with E-state index in [4.69, 9.17) is 11.1 Å². The molecular weight excluding hydrogens is 114 g/mol. The van der Waals surface area contributed by atoms with Gasteiger partial charge in [0.1, 0.15) is 11.7 Å². The molecule has 1 rings (SSSR count). The molecule has 50 valence electrons. The van der Waals surface area contributed by atoms with Crippen molar-refractivity contribution in [1.29, 1.82) is 5.41 Å². The Kier molecular flexibility index (Phi) is 1.82. The van der Waals surface area contributed by atoms with Crippen LogP contribution in [0.25, 0.3) is 0 Å². The van der Waals surface area contributed by atoms with Crippen LogP contribution in [0.15, 0.2) is 4.99 Å². The molecule has 1 aliphatic rings. The monoisotopic (exact) mass is 125 g/mol. The Hall–Kier alpha value is -0.860. The van der Waals surface area contributed by atoms with E-state index in [0.29, 0.717) is 11.7 Å². The second-order valence-corrected chi connectivity index (χ2v) is 2.26. The molecule has 0 saturated carbocycles. The third kappa shape index (κ3) is 1.83. The van der Waals surface area contributed by atoms with E-state index in [1.807, 2.05) is 0 Å². The molecular formula is C6H11N3. The molecule has 1 heterocycles. The van der Waals surface area contributed by atoms with Gasteiger partial charge in [-0.15, -0.1) is 0 Å². The van der Waals surface area contributed by atoms with Gasteiger partial charge in [-0.2, -0.15) is 0 Å². The molecule has 3 N–H and O–H groups in total. The number of hydrogen-bond acceptors (Lipinski definition) is 2. The highest BCUT2D eigenvalue weighted by molar-refractivity contribution is 5.95. The molecule has 0 fully saturated rings. The molecule has 0 unspecified atom stereocenters. The van der Waals surface area contributed by atoms with Gasteiger partial charge in [0.15, 0.2) is 0 Å². The van der Waals surface area contributed by atoms with Gasteiger partial charge in [0.05, 0.1) is 0 Å². The van der Waals surface area contributed by atoms with Crippen LogP contribution >= 0.6 is 0 Å². The highest BCUT2D eigenvalue weighted by atomic mass is 14.9. The molecule has 0 aromatic rings. The average molecular weight is 125 g/mol. The SMILES string of the molecule is N=C1CCCCC(N)=N1. The van der Waals surface area contributed by atoms with Crippen LogP contribution in [0, 0.1) is 5.41 Å². The first-order valence-corrected chi connectivity index (χ1v) is 3.19. The Balaban J connectivity index is 2.59. The minimum Gasteiger partial charge on any atom is -0.387 e. The van der Waals surface area contributed by atoms with E-state index in [1.165, 1.54) is 0 Å². The topological polar surface area (TPSA) is 62.2 Å². The lowest BCUT2D eigenvalue weighted by atomic mass is 10.2. The standard InChI is InChI=1S/C6H11N3/c7-5-3-1-2-4-6(8)9-5/h1-4H2,(H3,7,8,9). The predicted octanol–water partition coefficient (Wildman–Crippen LogP) is 0.895. The number of nitrogens with two attached hydrogens (primary N) is 1. The number of aliphatic imine (C=N–C) groups is 1. The van der Waals surface area contributed by atoms with Crippen LogP contribution in [-0.4, -0.2) is 11.7 Å². The molecule has 3 nitrogen and oxygen atoms in total. The van der Waals surface area contributed by atoms with E-state index >= 15 is 0 Å². The van der Waals surface area contributed by atoms with Gasteiger partial charge in [0, 0.05) is 12.8 Å². The average Bonchev–Trinajstić information content (AvgIpc) is 1.93. The maximum Gasteiger partial charge on any atom is 0.122 e. The Morgan fingerprint density at radius 3 is 2.78 bits per heavy atom. The van der Waals surface area contributed by atoms with E-state index in [2.05, 4.69) is 4.99 Å². The van der Waals surface area contributed by atoms with Crippen LogP contribution in [0.2, 0.25) is 0 Å². The zero-order valence-electron chi connectivity index (χ0n) is 5.35. The summed E-state index contributed by atoms with van der Waals surface area (Å²) < 4.78 is 0. The van der Waals surface area contributed by atoms with Crippen molar-refractivity contribution in [2.24, 2.45) is 10.7 Å². The van der Waals surface area contributed by atoms with Crippen molar-refractivity contribution in [3.05, 3.63) is 0 Å². The minimum atomic E-state index is 0.435. The van der Waals surface area contributed by atoms with Gasteiger partial charge in [-0.1, -0.05) is 0 Å². The summed E-state index contributed by atoms with van der Waals surface area (Å²) in [5, 5.41) is 7.19. The van der Waals surface area contributed by atoms with E-state index in [1.54, 1.807) is 0 Å². The summed E-state index contributed by atoms with van der Waals surface area (Å²) in [5.74, 6) is 1.06. The Morgan fingerprint density at radius 2 is 2.00 bits per heavy atom. The zero-order chi connectivity index (χ0) is 6.69. The first kappa shape index (κ1) is 6.26. The van der Waals surface area contributed by atoms with Gasteiger partial charge in [-0.3, -0.25) is 5.41 Å². The quantitative estimate of drug-likeness (QED) is 0.496. The Morgan fingerprint density at radius 1 is 1.33 bits per heavy atom. The maximum atomic E-state index is 7.19. The van der Waals surface area contributed by atoms with Crippen LogP contribution in [0.5, 0.6) is 0 Å². The Bertz CT molecular complexity index is 148. The van der Waals surface area contributed by atoms with E-state index in [0.717, 1.165) is 25.7 Å². The number of amidine groups is 2. The fourth-order valence-corrected chi connectivity index (χ4v) is 0.884. The summed E-state index contributed by atoms with van der Waals surface area (Å²) in [7, 11) is 0. The summed E-state index contributed by atoms with van der Waals surface area (Å²) in [6, 6.07) is 0. The van der Waals surface area contributed by atoms with Crippen LogP contribution in [0.1, 0.15) is 25.7 Å². The second-order valence-electron chi connectivity index (χ2n) is 2.26. The van der Waals surface area contributed by atoms with Crippen molar-refractivity contribution in [3.8, 4) is 0 Å². The third-order valence-corrected chi connectivity index (χ3v) is 1.38. The van der Waals surface area contributed by atoms with Crippen LogP contribution in [-0.2, 0) is 0 Å². The summed E-state index contributed by atoms with van der Waals surface area (Å²) >= 11 is 0. The highest BCUT2D eigenvalue weighted by Gasteiger charge is 2.02. The smallest absolute Gasteiger partial charge is 0.122 e. The molecule has 0 aromatic heterocycles. The van der Waals surface area contributed by atoms with Gasteiger partial charge in [-0.25, -0.2) is 4.99 Å². The number of rotatable bonds is 0. The van der Waals surface area contributed by atoms with Crippen LogP contribution < -0.4 is 5.73 Å². The van der Waals surface area contributed by atoms with Crippen molar-refractivity contribution in [3.63, 3.8) is 0 Å². The van der Waals surface area contributed by atoms with E-state index in [9.17, 15) is 0 Å². The van der Waals surface area contributed by atoms with Crippen LogP contribution in [0.3, 0.4) is 0 Å². The fraction of sp³-hybridized carbons (Fsp3) is 0.667. The molecule has 0 atom stereocenters. The highest BCUT2D eigenvalue weighted by Crippen LogP contribution is 2.05. The van der Waals surface area contributed by atoms with Crippen molar-refractivity contribution in [1.82, 2.24) is 0 Å². The third-order valence-electron chi connectivity index (χ3n) is 1.38. The second kappa shape index (κ2) is 2.62. The first-order chi connectivity index (χ1) is 4.29. The summed E-state index contributed by atoms with van der Waals surface area (Å²) in [5.41, 5.74) is 5.43. The van der Waals surface area contributed by atoms with Gasteiger partial charge in [0.25, 0.3) is 0 Å². The zero-order valence-corrected chi connectivity index (χ0v) is 5.35. The Labute approximate surface area is 54.5 Å². The number of nitrogens with one attached hydrogen (secondary N) is 1. The molecule has 0 aliphatic carbocycles. The fourth-order valence-electron chi connectivity index (χ4n) is 0.884. The molecule has 9 heavy (non-hydrogen) atoms. The van der Waals surface area contributed by atoms with E-state index in [-0.39, 0.29) is 0 Å². The molecule has 0 spiro atoms. The van der Waals surface area contributed by atoms with Gasteiger partial charge in [-0.05, 0) is 12.8 Å². The largest absolute Gasteiger partial charge is 0.387 e. The molecule has 0 aromatic carbocycles. The lowest BCUT2D eigenvalue weighted by Crippen LogP contribution is -2.11. The predicted molar refractivity (Wildman–Crippen MR) is 37.8 cm³/mol. The van der Waals surface area contributed by atoms with Crippen LogP contribution in [0.4, 0.5) is 0 Å². The lowest BCUT2D eigenvalue weighted by molar-refractivity contribution is 0.801. The summed E-state index contributed by atoms with van der Waals surface area (Å²) in [4.78, 5) is 3.85. The summed E-state index contributed by atoms with van der Waals surface area (Å²) in [6.07, 6.45) is 3.80. The number of hydrogen-bond donors (Lipinski definition) is 2. The minimum absolute atomic E-state index is 0.435. The maximum absolute atomic E-state index is 7.19. The molecule has 0 saturated heterocycles. The molecule has 3 heteroatoms. The van der Waals surface area contributed by atoms with Crippen molar-refractivity contribution < 1.29 is 0 Å². The van der Waals surface area contributed by atoms with Gasteiger partial charge in [0.2, 0.25) is 0 Å². The summed E-state index contributed by atoms with van der Waals surface area (Å²) in [6.45, 7) is 0. The van der Waals surface area contributed by atoms with Crippen molar-refractivity contribution in [2.45, 2.75) is 25.7 Å². The first-order valence-electron chi connectivity index (χ1n) is 3.19. The molecule has 0 bridgehead atoms. The van der Waals surface area contributed by atoms with Gasteiger partial charge >= 0.3 is 0 Å². The molecule has 0 amide bonds. The van der Waals surface area contributed by atoms with Crippen molar-refractivity contribution >= 4 is 11.7 Å². The lowest BCUT2D eigenvalue weighted by Gasteiger charge is -1.90. The molecule has 1 aliphatic heterocycles. The molecule has 0 radical (unpaired) electrons.